The quantitative estimate of drug-likeness (QED) is 0.829. The van der Waals surface area contributed by atoms with Crippen molar-refractivity contribution in [2.45, 2.75) is 38.8 Å². The molecule has 2 rings (SSSR count). The van der Waals surface area contributed by atoms with Crippen LogP contribution in [0.5, 0.6) is 0 Å². The highest BCUT2D eigenvalue weighted by atomic mass is 16.4. The van der Waals surface area contributed by atoms with Gasteiger partial charge in [-0.25, -0.2) is 4.79 Å². The molecule has 0 amide bonds. The van der Waals surface area contributed by atoms with Crippen molar-refractivity contribution in [3.8, 4) is 0 Å². The molecule has 0 atom stereocenters. The number of rotatable bonds is 6. The van der Waals surface area contributed by atoms with Crippen molar-refractivity contribution in [3.05, 3.63) is 29.6 Å². The van der Waals surface area contributed by atoms with Crippen LogP contribution in [-0.2, 0) is 6.54 Å². The number of hydrogen-bond acceptors (Lipinski definition) is 4. The highest BCUT2D eigenvalue weighted by Crippen LogP contribution is 2.11. The van der Waals surface area contributed by atoms with Crippen LogP contribution >= 0.6 is 0 Å². The average molecular weight is 277 g/mol. The molecule has 0 bridgehead atoms. The summed E-state index contributed by atoms with van der Waals surface area (Å²) in [5, 5.41) is 12.3. The van der Waals surface area contributed by atoms with Gasteiger partial charge in [0.25, 0.3) is 0 Å². The molecule has 5 nitrogen and oxygen atoms in total. The molecular weight excluding hydrogens is 254 g/mol. The molecule has 1 aromatic rings. The minimum Gasteiger partial charge on any atom is -0.478 e. The summed E-state index contributed by atoms with van der Waals surface area (Å²) >= 11 is 0. The summed E-state index contributed by atoms with van der Waals surface area (Å²) in [6.07, 6.45) is 4.99. The van der Waals surface area contributed by atoms with Gasteiger partial charge in [-0.2, -0.15) is 0 Å². The minimum atomic E-state index is -0.930. The van der Waals surface area contributed by atoms with Crippen LogP contribution in [0.15, 0.2) is 18.3 Å². The molecule has 1 aromatic heterocycles. The van der Waals surface area contributed by atoms with Crippen molar-refractivity contribution >= 4 is 5.97 Å². The molecule has 0 radical (unpaired) electrons. The van der Waals surface area contributed by atoms with Gasteiger partial charge in [-0.1, -0.05) is 6.92 Å². The summed E-state index contributed by atoms with van der Waals surface area (Å²) in [7, 11) is 0. The summed E-state index contributed by atoms with van der Waals surface area (Å²) in [6.45, 7) is 6.45. The molecule has 1 aliphatic heterocycles. The Morgan fingerprint density at radius 1 is 1.45 bits per heavy atom. The lowest BCUT2D eigenvalue weighted by molar-refractivity contribution is 0.0696. The number of likely N-dealkylation sites (tertiary alicyclic amines) is 1. The summed E-state index contributed by atoms with van der Waals surface area (Å²) in [6, 6.07) is 3.93. The Labute approximate surface area is 120 Å². The molecule has 20 heavy (non-hydrogen) atoms. The molecule has 1 aliphatic rings. The molecular formula is C15H23N3O2. The van der Waals surface area contributed by atoms with Gasteiger partial charge in [0.15, 0.2) is 0 Å². The Bertz CT molecular complexity index is 425. The van der Waals surface area contributed by atoms with E-state index in [2.05, 4.69) is 22.1 Å². The van der Waals surface area contributed by atoms with E-state index in [1.165, 1.54) is 32.0 Å². The zero-order chi connectivity index (χ0) is 14.4. The molecule has 5 heteroatoms. The molecule has 0 aliphatic carbocycles. The lowest BCUT2D eigenvalue weighted by Crippen LogP contribution is -2.42. The highest BCUT2D eigenvalue weighted by molar-refractivity contribution is 5.87. The molecule has 0 unspecified atom stereocenters. The number of hydrogen-bond donors (Lipinski definition) is 2. The smallest absolute Gasteiger partial charge is 0.337 e. The number of carboxylic acids is 1. The largest absolute Gasteiger partial charge is 0.478 e. The van der Waals surface area contributed by atoms with Gasteiger partial charge >= 0.3 is 5.97 Å². The van der Waals surface area contributed by atoms with Crippen LogP contribution in [-0.4, -0.2) is 46.6 Å². The summed E-state index contributed by atoms with van der Waals surface area (Å²) < 4.78 is 0. The second-order valence-electron chi connectivity index (χ2n) is 5.34. The fraction of sp³-hybridized carbons (Fsp3) is 0.600. The third kappa shape index (κ3) is 4.28. The van der Waals surface area contributed by atoms with Crippen molar-refractivity contribution in [2.75, 3.05) is 19.6 Å². The van der Waals surface area contributed by atoms with Gasteiger partial charge in [0, 0.05) is 18.8 Å². The van der Waals surface area contributed by atoms with E-state index >= 15 is 0 Å². The Balaban J connectivity index is 1.74. The van der Waals surface area contributed by atoms with Gasteiger partial charge in [0.1, 0.15) is 0 Å². The van der Waals surface area contributed by atoms with Gasteiger partial charge in [-0.15, -0.1) is 0 Å². The van der Waals surface area contributed by atoms with Crippen molar-refractivity contribution < 1.29 is 9.90 Å². The first-order chi connectivity index (χ1) is 9.69. The molecule has 1 fully saturated rings. The average Bonchev–Trinajstić information content (AvgIpc) is 2.47. The van der Waals surface area contributed by atoms with E-state index in [1.54, 1.807) is 12.1 Å². The Morgan fingerprint density at radius 3 is 2.75 bits per heavy atom. The maximum atomic E-state index is 10.7. The molecule has 0 saturated carbocycles. The van der Waals surface area contributed by atoms with Crippen molar-refractivity contribution in [2.24, 2.45) is 0 Å². The van der Waals surface area contributed by atoms with Gasteiger partial charge in [-0.3, -0.25) is 4.98 Å². The zero-order valence-corrected chi connectivity index (χ0v) is 12.0. The Hall–Kier alpha value is -1.46. The third-order valence-corrected chi connectivity index (χ3v) is 3.77. The van der Waals surface area contributed by atoms with E-state index in [0.29, 0.717) is 12.6 Å². The molecule has 0 spiro atoms. The van der Waals surface area contributed by atoms with Crippen LogP contribution in [0.3, 0.4) is 0 Å². The maximum Gasteiger partial charge on any atom is 0.337 e. The number of nitrogens with zero attached hydrogens (tertiary/aromatic N) is 2. The van der Waals surface area contributed by atoms with Crippen LogP contribution in [0.1, 0.15) is 42.2 Å². The molecule has 2 heterocycles. The summed E-state index contributed by atoms with van der Waals surface area (Å²) in [4.78, 5) is 17.4. The molecule has 0 aromatic carbocycles. The van der Waals surface area contributed by atoms with E-state index < -0.39 is 5.97 Å². The second-order valence-corrected chi connectivity index (χ2v) is 5.34. The van der Waals surface area contributed by atoms with Crippen LogP contribution in [0.4, 0.5) is 0 Å². The van der Waals surface area contributed by atoms with Gasteiger partial charge in [-0.05, 0) is 51.0 Å². The maximum absolute atomic E-state index is 10.7. The standard InChI is InChI=1S/C15H23N3O2/c1-2-7-18-8-5-13(6-9-18)17-11-14-4-3-12(10-16-14)15(19)20/h3-4,10,13,17H,2,5-9,11H2,1H3,(H,19,20). The molecule has 2 N–H and O–H groups in total. The topological polar surface area (TPSA) is 65.5 Å². The summed E-state index contributed by atoms with van der Waals surface area (Å²) in [5.74, 6) is -0.930. The number of aromatic nitrogens is 1. The number of piperidine rings is 1. The highest BCUT2D eigenvalue weighted by Gasteiger charge is 2.17. The van der Waals surface area contributed by atoms with Crippen LogP contribution in [0, 0.1) is 0 Å². The fourth-order valence-electron chi connectivity index (χ4n) is 2.58. The number of carbonyl (C=O) groups is 1. The third-order valence-electron chi connectivity index (χ3n) is 3.77. The molecule has 1 saturated heterocycles. The predicted octanol–water partition coefficient (Wildman–Crippen LogP) is 1.74. The summed E-state index contributed by atoms with van der Waals surface area (Å²) in [5.41, 5.74) is 1.13. The number of carboxylic acid groups (broad SMARTS) is 1. The SMILES string of the molecule is CCCN1CCC(NCc2ccc(C(=O)O)cn2)CC1. The predicted molar refractivity (Wildman–Crippen MR) is 77.8 cm³/mol. The fourth-order valence-corrected chi connectivity index (χ4v) is 2.58. The Kier molecular flexibility index (Phi) is 5.49. The second kappa shape index (κ2) is 7.36. The van der Waals surface area contributed by atoms with E-state index in [4.69, 9.17) is 5.11 Å². The monoisotopic (exact) mass is 277 g/mol. The van der Waals surface area contributed by atoms with E-state index in [0.717, 1.165) is 18.8 Å². The van der Waals surface area contributed by atoms with Crippen LogP contribution in [0.25, 0.3) is 0 Å². The van der Waals surface area contributed by atoms with Crippen molar-refractivity contribution in [1.82, 2.24) is 15.2 Å². The van der Waals surface area contributed by atoms with Crippen molar-refractivity contribution in [3.63, 3.8) is 0 Å². The van der Waals surface area contributed by atoms with Gasteiger partial charge < -0.3 is 15.3 Å². The normalized spacial score (nSPS) is 17.2. The van der Waals surface area contributed by atoms with Gasteiger partial charge in [0.05, 0.1) is 11.3 Å². The van der Waals surface area contributed by atoms with Crippen LogP contribution < -0.4 is 5.32 Å². The van der Waals surface area contributed by atoms with Crippen LogP contribution in [0.2, 0.25) is 0 Å². The minimum absolute atomic E-state index is 0.238. The lowest BCUT2D eigenvalue weighted by Gasteiger charge is -2.32. The first kappa shape index (κ1) is 14.9. The van der Waals surface area contributed by atoms with E-state index in [-0.39, 0.29) is 5.56 Å². The van der Waals surface area contributed by atoms with Crippen molar-refractivity contribution in [1.29, 1.82) is 0 Å². The number of aromatic carboxylic acids is 1. The van der Waals surface area contributed by atoms with E-state index in [9.17, 15) is 4.79 Å². The number of pyridine rings is 1. The van der Waals surface area contributed by atoms with E-state index in [1.807, 2.05) is 0 Å². The Morgan fingerprint density at radius 2 is 2.20 bits per heavy atom. The first-order valence-corrected chi connectivity index (χ1v) is 7.33. The lowest BCUT2D eigenvalue weighted by atomic mass is 10.0. The zero-order valence-electron chi connectivity index (χ0n) is 12.0. The number of nitrogens with one attached hydrogen (secondary N) is 1. The molecule has 110 valence electrons. The van der Waals surface area contributed by atoms with Gasteiger partial charge in [0.2, 0.25) is 0 Å². The first-order valence-electron chi connectivity index (χ1n) is 7.33.